The molecule has 1 aromatic carbocycles. The number of fused-ring (bicyclic) bond motifs is 1. The van der Waals surface area contributed by atoms with Gasteiger partial charge in [0.2, 0.25) is 11.6 Å². The molecule has 0 radical (unpaired) electrons. The van der Waals surface area contributed by atoms with Gasteiger partial charge in [-0.2, -0.15) is 0 Å². The number of carbonyl (C=O) groups excluding carboxylic acids is 2. The van der Waals surface area contributed by atoms with Gasteiger partial charge in [-0.25, -0.2) is 0 Å². The normalized spacial score (nSPS) is 13.5. The molecule has 0 spiro atoms. The number of ketones is 2. The van der Waals surface area contributed by atoms with Crippen LogP contribution >= 0.6 is 15.9 Å². The van der Waals surface area contributed by atoms with Crippen molar-refractivity contribution in [2.45, 2.75) is 13.3 Å². The topological polar surface area (TPSA) is 79.3 Å². The number of aromatic nitrogens is 1. The molecule has 6 heteroatoms. The maximum atomic E-state index is 12.4. The van der Waals surface area contributed by atoms with Crippen molar-refractivity contribution in [1.82, 2.24) is 10.3 Å². The summed E-state index contributed by atoms with van der Waals surface area (Å²) in [5.74, 6) is -0.261. The molecule has 0 bridgehead atoms. The molecular weight excluding hydrogens is 372 g/mol. The second kappa shape index (κ2) is 6.57. The number of aryl methyl sites for hydroxylation is 1. The predicted molar refractivity (Wildman–Crippen MR) is 93.2 cm³/mol. The van der Waals surface area contributed by atoms with E-state index in [0.29, 0.717) is 23.0 Å². The third kappa shape index (κ3) is 3.10. The van der Waals surface area contributed by atoms with Crippen LogP contribution in [-0.2, 0) is 6.42 Å². The minimum absolute atomic E-state index is 0.200. The van der Waals surface area contributed by atoms with Gasteiger partial charge in [0.05, 0.1) is 15.7 Å². The first kappa shape index (κ1) is 16.4. The first-order chi connectivity index (χ1) is 11.5. The van der Waals surface area contributed by atoms with Crippen molar-refractivity contribution in [1.29, 1.82) is 0 Å². The van der Waals surface area contributed by atoms with E-state index >= 15 is 0 Å². The van der Waals surface area contributed by atoms with Crippen LogP contribution in [0.15, 0.2) is 46.7 Å². The number of rotatable bonds is 4. The van der Waals surface area contributed by atoms with Gasteiger partial charge in [0.1, 0.15) is 11.4 Å². The van der Waals surface area contributed by atoms with Crippen LogP contribution in [0, 0.1) is 6.92 Å². The van der Waals surface area contributed by atoms with E-state index in [4.69, 9.17) is 0 Å². The number of Topliss-reactive ketones (excluding diaryl/α,β-unsaturated/α-hetero) is 1. The highest BCUT2D eigenvalue weighted by Crippen LogP contribution is 2.28. The van der Waals surface area contributed by atoms with Crippen LogP contribution in [0.25, 0.3) is 0 Å². The molecule has 2 N–H and O–H groups in total. The minimum Gasteiger partial charge on any atom is -0.506 e. The molecule has 122 valence electrons. The lowest BCUT2D eigenvalue weighted by atomic mass is 9.97. The van der Waals surface area contributed by atoms with Crippen molar-refractivity contribution in [2.24, 2.45) is 0 Å². The maximum absolute atomic E-state index is 12.4. The summed E-state index contributed by atoms with van der Waals surface area (Å²) in [7, 11) is 0. The number of halogens is 1. The summed E-state index contributed by atoms with van der Waals surface area (Å²) in [5.41, 5.74) is 2.61. The molecule has 1 aromatic heterocycles. The smallest absolute Gasteiger partial charge is 0.211 e. The number of aromatic hydroxyl groups is 1. The van der Waals surface area contributed by atoms with Crippen molar-refractivity contribution >= 4 is 27.5 Å². The molecule has 0 aliphatic heterocycles. The van der Waals surface area contributed by atoms with Crippen LogP contribution in [0.5, 0.6) is 5.75 Å². The molecule has 3 rings (SSSR count). The Hall–Kier alpha value is -2.47. The maximum Gasteiger partial charge on any atom is 0.211 e. The molecule has 0 saturated carbocycles. The second-order valence-electron chi connectivity index (χ2n) is 5.57. The Morgan fingerprint density at radius 1 is 1.29 bits per heavy atom. The van der Waals surface area contributed by atoms with Gasteiger partial charge in [-0.1, -0.05) is 6.07 Å². The Balaban J connectivity index is 1.70. The van der Waals surface area contributed by atoms with E-state index in [1.807, 2.05) is 19.1 Å². The summed E-state index contributed by atoms with van der Waals surface area (Å²) >= 11 is 3.31. The zero-order valence-corrected chi connectivity index (χ0v) is 14.6. The summed E-state index contributed by atoms with van der Waals surface area (Å²) in [5, 5.41) is 12.8. The van der Waals surface area contributed by atoms with Gasteiger partial charge in [-0.15, -0.1) is 0 Å². The van der Waals surface area contributed by atoms with Gasteiger partial charge in [-0.05, 0) is 58.6 Å². The van der Waals surface area contributed by atoms with E-state index in [1.54, 1.807) is 12.1 Å². The molecule has 0 fully saturated rings. The number of nitrogens with one attached hydrogen (secondary N) is 1. The summed E-state index contributed by atoms with van der Waals surface area (Å²) in [6.07, 6.45) is 3.45. The van der Waals surface area contributed by atoms with Gasteiger partial charge in [0.15, 0.2) is 0 Å². The molecule has 0 atom stereocenters. The van der Waals surface area contributed by atoms with Gasteiger partial charge in [0.25, 0.3) is 0 Å². The number of pyridine rings is 1. The van der Waals surface area contributed by atoms with Crippen molar-refractivity contribution in [2.75, 3.05) is 6.54 Å². The summed E-state index contributed by atoms with van der Waals surface area (Å²) < 4.78 is 0.639. The third-order valence-corrected chi connectivity index (χ3v) is 4.45. The van der Waals surface area contributed by atoms with Crippen LogP contribution in [0.3, 0.4) is 0 Å². The quantitative estimate of drug-likeness (QED) is 0.844. The van der Waals surface area contributed by atoms with Gasteiger partial charge >= 0.3 is 0 Å². The molecule has 2 aromatic rings. The van der Waals surface area contributed by atoms with E-state index in [2.05, 4.69) is 26.2 Å². The van der Waals surface area contributed by atoms with E-state index in [9.17, 15) is 14.7 Å². The summed E-state index contributed by atoms with van der Waals surface area (Å²) in [6.45, 7) is 2.32. The van der Waals surface area contributed by atoms with Gasteiger partial charge in [-0.3, -0.25) is 14.6 Å². The zero-order valence-electron chi connectivity index (χ0n) is 13.0. The van der Waals surface area contributed by atoms with E-state index in [0.717, 1.165) is 11.1 Å². The Morgan fingerprint density at radius 3 is 2.83 bits per heavy atom. The van der Waals surface area contributed by atoms with E-state index in [-0.39, 0.29) is 28.7 Å². The Morgan fingerprint density at radius 2 is 2.08 bits per heavy atom. The number of phenols is 1. The molecule has 0 saturated heterocycles. The van der Waals surface area contributed by atoms with Crippen molar-refractivity contribution in [3.63, 3.8) is 0 Å². The predicted octanol–water partition coefficient (Wildman–Crippen LogP) is 2.95. The fourth-order valence-corrected chi connectivity index (χ4v) is 3.23. The highest BCUT2D eigenvalue weighted by atomic mass is 79.9. The standard InChI is InChI=1S/C18H15BrN2O3/c1-10-7-11(8-13(19)17(10)23)4-6-20-14-9-15(22)16-12(18(14)24)3-2-5-21-16/h2-3,5,7-9,20,23H,4,6H2,1H3. The lowest BCUT2D eigenvalue weighted by molar-refractivity contribution is 0.0975. The van der Waals surface area contributed by atoms with Crippen LogP contribution < -0.4 is 5.32 Å². The van der Waals surface area contributed by atoms with Gasteiger partial charge in [0, 0.05) is 18.8 Å². The number of hydrogen-bond acceptors (Lipinski definition) is 5. The molecule has 5 nitrogen and oxygen atoms in total. The first-order valence-electron chi connectivity index (χ1n) is 7.45. The Bertz CT molecular complexity index is 851. The van der Waals surface area contributed by atoms with Crippen LogP contribution in [-0.4, -0.2) is 28.2 Å². The lowest BCUT2D eigenvalue weighted by Gasteiger charge is -2.16. The first-order valence-corrected chi connectivity index (χ1v) is 8.24. The van der Waals surface area contributed by atoms with Gasteiger partial charge < -0.3 is 10.4 Å². The van der Waals surface area contributed by atoms with Crippen LogP contribution in [0.1, 0.15) is 32.0 Å². The fraction of sp³-hybridized carbons (Fsp3) is 0.167. The van der Waals surface area contributed by atoms with Crippen molar-refractivity contribution in [3.8, 4) is 5.75 Å². The number of hydrogen-bond donors (Lipinski definition) is 2. The van der Waals surface area contributed by atoms with Crippen molar-refractivity contribution < 1.29 is 14.7 Å². The average molecular weight is 387 g/mol. The van der Waals surface area contributed by atoms with E-state index in [1.165, 1.54) is 12.3 Å². The molecule has 24 heavy (non-hydrogen) atoms. The van der Waals surface area contributed by atoms with E-state index < -0.39 is 0 Å². The summed E-state index contributed by atoms with van der Waals surface area (Å²) in [4.78, 5) is 28.4. The monoisotopic (exact) mass is 386 g/mol. The fourth-order valence-electron chi connectivity index (χ4n) is 2.62. The highest BCUT2D eigenvalue weighted by Gasteiger charge is 2.26. The molecule has 1 aliphatic rings. The molecule has 1 aliphatic carbocycles. The minimum atomic E-state index is -0.268. The number of benzene rings is 1. The SMILES string of the molecule is Cc1cc(CCNC2=CC(=O)c3ncccc3C2=O)cc(Br)c1O. The number of nitrogens with zero attached hydrogens (tertiary/aromatic N) is 1. The lowest BCUT2D eigenvalue weighted by Crippen LogP contribution is -2.28. The highest BCUT2D eigenvalue weighted by molar-refractivity contribution is 9.10. The second-order valence-corrected chi connectivity index (χ2v) is 6.43. The number of allylic oxidation sites excluding steroid dienone is 2. The largest absolute Gasteiger partial charge is 0.506 e. The van der Waals surface area contributed by atoms with Crippen LogP contribution in [0.4, 0.5) is 0 Å². The number of carbonyl (C=O) groups is 2. The van der Waals surface area contributed by atoms with Crippen LogP contribution in [0.2, 0.25) is 0 Å². The summed E-state index contributed by atoms with van der Waals surface area (Å²) in [6, 6.07) is 6.98. The Labute approximate surface area is 147 Å². The average Bonchev–Trinajstić information content (AvgIpc) is 2.57. The molecule has 1 heterocycles. The third-order valence-electron chi connectivity index (χ3n) is 3.85. The Kier molecular flexibility index (Phi) is 4.49. The zero-order chi connectivity index (χ0) is 17.3. The molecule has 0 amide bonds. The van der Waals surface area contributed by atoms with Crippen molar-refractivity contribution in [3.05, 3.63) is 69.1 Å². The molecular formula is C18H15BrN2O3. The number of phenolic OH excluding ortho intramolecular Hbond substituents is 1. The molecule has 0 unspecified atom stereocenters.